The minimum Gasteiger partial charge on any atom is -0.489 e. The summed E-state index contributed by atoms with van der Waals surface area (Å²) in [4.78, 5) is 2.44. The SMILES string of the molecule is CC(C)Oc1ccc(CN2CCC(CN)C2)cc1Cl. The van der Waals surface area contributed by atoms with Crippen molar-refractivity contribution in [2.24, 2.45) is 11.7 Å². The largest absolute Gasteiger partial charge is 0.489 e. The summed E-state index contributed by atoms with van der Waals surface area (Å²) < 4.78 is 5.64. The highest BCUT2D eigenvalue weighted by Crippen LogP contribution is 2.27. The van der Waals surface area contributed by atoms with Gasteiger partial charge in [-0.3, -0.25) is 4.90 Å². The molecular weight excluding hydrogens is 260 g/mol. The van der Waals surface area contributed by atoms with E-state index in [1.165, 1.54) is 12.0 Å². The highest BCUT2D eigenvalue weighted by Gasteiger charge is 2.21. The highest BCUT2D eigenvalue weighted by molar-refractivity contribution is 6.32. The van der Waals surface area contributed by atoms with Gasteiger partial charge in [-0.2, -0.15) is 0 Å². The first-order valence-electron chi connectivity index (χ1n) is 6.96. The minimum absolute atomic E-state index is 0.146. The number of nitrogens with two attached hydrogens (primary N) is 1. The van der Waals surface area contributed by atoms with Crippen molar-refractivity contribution in [1.29, 1.82) is 0 Å². The van der Waals surface area contributed by atoms with E-state index in [4.69, 9.17) is 22.1 Å². The molecule has 0 spiro atoms. The lowest BCUT2D eigenvalue weighted by molar-refractivity contribution is 0.242. The number of halogens is 1. The first-order valence-corrected chi connectivity index (χ1v) is 7.33. The Balaban J connectivity index is 1.96. The van der Waals surface area contributed by atoms with Crippen LogP contribution in [0.2, 0.25) is 5.02 Å². The van der Waals surface area contributed by atoms with Crippen LogP contribution in [0.3, 0.4) is 0 Å². The fraction of sp³-hybridized carbons (Fsp3) is 0.600. The van der Waals surface area contributed by atoms with Crippen LogP contribution in [0.25, 0.3) is 0 Å². The second kappa shape index (κ2) is 6.60. The summed E-state index contributed by atoms with van der Waals surface area (Å²) >= 11 is 6.25. The molecule has 106 valence electrons. The molecule has 1 aliphatic heterocycles. The molecule has 4 heteroatoms. The zero-order chi connectivity index (χ0) is 13.8. The van der Waals surface area contributed by atoms with Crippen molar-refractivity contribution in [2.75, 3.05) is 19.6 Å². The van der Waals surface area contributed by atoms with Gasteiger partial charge in [-0.15, -0.1) is 0 Å². The van der Waals surface area contributed by atoms with Crippen molar-refractivity contribution >= 4 is 11.6 Å². The van der Waals surface area contributed by atoms with Gasteiger partial charge in [0.05, 0.1) is 11.1 Å². The zero-order valence-corrected chi connectivity index (χ0v) is 12.5. The lowest BCUT2D eigenvalue weighted by atomic mass is 10.1. The Morgan fingerprint density at radius 3 is 2.84 bits per heavy atom. The molecule has 0 amide bonds. The van der Waals surface area contributed by atoms with Crippen LogP contribution in [-0.2, 0) is 6.54 Å². The Morgan fingerprint density at radius 1 is 1.47 bits per heavy atom. The molecule has 1 saturated heterocycles. The third kappa shape index (κ3) is 4.10. The average Bonchev–Trinajstić information content (AvgIpc) is 2.80. The third-order valence-corrected chi connectivity index (χ3v) is 3.76. The fourth-order valence-corrected chi connectivity index (χ4v) is 2.75. The van der Waals surface area contributed by atoms with Gasteiger partial charge in [0, 0.05) is 13.1 Å². The lowest BCUT2D eigenvalue weighted by Crippen LogP contribution is -2.22. The van der Waals surface area contributed by atoms with Crippen molar-refractivity contribution < 1.29 is 4.74 Å². The molecular formula is C15H23ClN2O. The van der Waals surface area contributed by atoms with E-state index in [9.17, 15) is 0 Å². The Bertz CT molecular complexity index is 423. The fourth-order valence-electron chi connectivity index (χ4n) is 2.50. The van der Waals surface area contributed by atoms with Gasteiger partial charge in [0.1, 0.15) is 5.75 Å². The second-order valence-electron chi connectivity index (χ2n) is 5.56. The van der Waals surface area contributed by atoms with E-state index >= 15 is 0 Å². The van der Waals surface area contributed by atoms with Gasteiger partial charge in [0.15, 0.2) is 0 Å². The molecule has 19 heavy (non-hydrogen) atoms. The van der Waals surface area contributed by atoms with E-state index in [-0.39, 0.29) is 6.10 Å². The van der Waals surface area contributed by atoms with Gasteiger partial charge < -0.3 is 10.5 Å². The van der Waals surface area contributed by atoms with Crippen LogP contribution in [0.4, 0.5) is 0 Å². The second-order valence-corrected chi connectivity index (χ2v) is 5.96. The summed E-state index contributed by atoms with van der Waals surface area (Å²) in [5.41, 5.74) is 6.95. The lowest BCUT2D eigenvalue weighted by Gasteiger charge is -2.17. The van der Waals surface area contributed by atoms with Crippen molar-refractivity contribution in [3.8, 4) is 5.75 Å². The molecule has 2 rings (SSSR count). The monoisotopic (exact) mass is 282 g/mol. The molecule has 1 aliphatic rings. The van der Waals surface area contributed by atoms with Crippen LogP contribution in [-0.4, -0.2) is 30.6 Å². The first-order chi connectivity index (χ1) is 9.08. The standard InChI is InChI=1S/C15H23ClN2O/c1-11(2)19-15-4-3-12(7-14(15)16)9-18-6-5-13(8-17)10-18/h3-4,7,11,13H,5-6,8-10,17H2,1-2H3. The number of hydrogen-bond donors (Lipinski definition) is 1. The van der Waals surface area contributed by atoms with Crippen molar-refractivity contribution in [3.63, 3.8) is 0 Å². The van der Waals surface area contributed by atoms with Crippen LogP contribution in [0.5, 0.6) is 5.75 Å². The molecule has 1 heterocycles. The Hall–Kier alpha value is -0.770. The summed E-state index contributed by atoms with van der Waals surface area (Å²) in [7, 11) is 0. The summed E-state index contributed by atoms with van der Waals surface area (Å²) in [6.07, 6.45) is 1.35. The topological polar surface area (TPSA) is 38.5 Å². The summed E-state index contributed by atoms with van der Waals surface area (Å²) in [5.74, 6) is 1.42. The number of hydrogen-bond acceptors (Lipinski definition) is 3. The van der Waals surface area contributed by atoms with E-state index in [2.05, 4.69) is 11.0 Å². The van der Waals surface area contributed by atoms with Crippen molar-refractivity contribution in [2.45, 2.75) is 32.9 Å². The molecule has 2 N–H and O–H groups in total. The predicted octanol–water partition coefficient (Wildman–Crippen LogP) is 2.91. The zero-order valence-electron chi connectivity index (χ0n) is 11.7. The normalized spacial score (nSPS) is 20.2. The number of nitrogens with zero attached hydrogens (tertiary/aromatic N) is 1. The van der Waals surface area contributed by atoms with E-state index in [0.717, 1.165) is 31.9 Å². The molecule has 3 nitrogen and oxygen atoms in total. The van der Waals surface area contributed by atoms with E-state index < -0.39 is 0 Å². The van der Waals surface area contributed by atoms with Crippen molar-refractivity contribution in [3.05, 3.63) is 28.8 Å². The van der Waals surface area contributed by atoms with E-state index in [1.54, 1.807) is 0 Å². The molecule has 1 unspecified atom stereocenters. The average molecular weight is 283 g/mol. The number of ether oxygens (including phenoxy) is 1. The van der Waals surface area contributed by atoms with Gasteiger partial charge in [-0.25, -0.2) is 0 Å². The number of benzene rings is 1. The van der Waals surface area contributed by atoms with Crippen LogP contribution in [0.15, 0.2) is 18.2 Å². The van der Waals surface area contributed by atoms with Gasteiger partial charge in [0.2, 0.25) is 0 Å². The predicted molar refractivity (Wildman–Crippen MR) is 79.7 cm³/mol. The summed E-state index contributed by atoms with van der Waals surface area (Å²) in [6.45, 7) is 7.96. The van der Waals surface area contributed by atoms with Crippen LogP contribution < -0.4 is 10.5 Å². The van der Waals surface area contributed by atoms with E-state index in [1.807, 2.05) is 26.0 Å². The number of rotatable bonds is 5. The first kappa shape index (κ1) is 14.6. The maximum Gasteiger partial charge on any atom is 0.138 e. The summed E-state index contributed by atoms with van der Waals surface area (Å²) in [5, 5.41) is 0.695. The number of likely N-dealkylation sites (tertiary alicyclic amines) is 1. The van der Waals surface area contributed by atoms with Crippen LogP contribution in [0.1, 0.15) is 25.8 Å². The van der Waals surface area contributed by atoms with Crippen molar-refractivity contribution in [1.82, 2.24) is 4.90 Å². The van der Waals surface area contributed by atoms with Gasteiger partial charge >= 0.3 is 0 Å². The van der Waals surface area contributed by atoms with Crippen LogP contribution in [0, 0.1) is 5.92 Å². The molecule has 0 bridgehead atoms. The van der Waals surface area contributed by atoms with Gasteiger partial charge in [-0.05, 0) is 57.0 Å². The molecule has 1 fully saturated rings. The van der Waals surface area contributed by atoms with Crippen LogP contribution >= 0.6 is 11.6 Å². The smallest absolute Gasteiger partial charge is 0.138 e. The Kier molecular flexibility index (Phi) is 5.08. The molecule has 0 saturated carbocycles. The molecule has 0 aliphatic carbocycles. The highest BCUT2D eigenvalue weighted by atomic mass is 35.5. The molecule has 1 atom stereocenters. The summed E-state index contributed by atoms with van der Waals surface area (Å²) in [6, 6.07) is 6.07. The van der Waals surface area contributed by atoms with Gasteiger partial charge in [-0.1, -0.05) is 17.7 Å². The Labute approximate surface area is 120 Å². The Morgan fingerprint density at radius 2 is 2.26 bits per heavy atom. The maximum atomic E-state index is 6.25. The van der Waals surface area contributed by atoms with Gasteiger partial charge in [0.25, 0.3) is 0 Å². The molecule has 0 aromatic heterocycles. The molecule has 1 aromatic rings. The van der Waals surface area contributed by atoms with E-state index in [0.29, 0.717) is 10.9 Å². The minimum atomic E-state index is 0.146. The molecule has 1 aromatic carbocycles. The molecule has 0 radical (unpaired) electrons. The third-order valence-electron chi connectivity index (χ3n) is 3.47. The maximum absolute atomic E-state index is 6.25. The quantitative estimate of drug-likeness (QED) is 0.902.